The third kappa shape index (κ3) is 3.02. The van der Waals surface area contributed by atoms with Gasteiger partial charge in [0.15, 0.2) is 9.84 Å². The standard InChI is InChI=1S/C10H16N2O3S/c1-16(14,15)8-4-2-7(3-5-8)10(12)9(11)6-13/h2-5,9-10,13H,6,11-12H2,1H3. The lowest BCUT2D eigenvalue weighted by molar-refractivity contribution is 0.250. The zero-order valence-electron chi connectivity index (χ0n) is 9.00. The number of rotatable bonds is 4. The van der Waals surface area contributed by atoms with Gasteiger partial charge < -0.3 is 16.6 Å². The van der Waals surface area contributed by atoms with Gasteiger partial charge in [0.25, 0.3) is 0 Å². The summed E-state index contributed by atoms with van der Waals surface area (Å²) in [5, 5.41) is 8.85. The second kappa shape index (κ2) is 4.92. The highest BCUT2D eigenvalue weighted by Gasteiger charge is 2.15. The molecule has 0 saturated heterocycles. The highest BCUT2D eigenvalue weighted by atomic mass is 32.2. The minimum atomic E-state index is -3.19. The Morgan fingerprint density at radius 1 is 1.25 bits per heavy atom. The third-order valence-corrected chi connectivity index (χ3v) is 3.49. The van der Waals surface area contributed by atoms with E-state index < -0.39 is 21.9 Å². The third-order valence-electron chi connectivity index (χ3n) is 2.37. The normalized spacial score (nSPS) is 15.8. The topological polar surface area (TPSA) is 106 Å². The van der Waals surface area contributed by atoms with Crippen LogP contribution < -0.4 is 11.5 Å². The summed E-state index contributed by atoms with van der Waals surface area (Å²) in [5.74, 6) is 0. The first-order chi connectivity index (χ1) is 7.36. The molecule has 2 unspecified atom stereocenters. The lowest BCUT2D eigenvalue weighted by atomic mass is 10.0. The van der Waals surface area contributed by atoms with Gasteiger partial charge in [-0.2, -0.15) is 0 Å². The fraction of sp³-hybridized carbons (Fsp3) is 0.400. The fourth-order valence-electron chi connectivity index (χ4n) is 1.30. The van der Waals surface area contributed by atoms with Crippen molar-refractivity contribution in [2.45, 2.75) is 17.0 Å². The quantitative estimate of drug-likeness (QED) is 0.656. The van der Waals surface area contributed by atoms with Crippen LogP contribution in [0.1, 0.15) is 11.6 Å². The minimum Gasteiger partial charge on any atom is -0.395 e. The van der Waals surface area contributed by atoms with E-state index in [0.29, 0.717) is 5.56 Å². The van der Waals surface area contributed by atoms with Crippen LogP contribution in [0.5, 0.6) is 0 Å². The van der Waals surface area contributed by atoms with Crippen molar-refractivity contribution in [1.29, 1.82) is 0 Å². The molecule has 0 aromatic heterocycles. The van der Waals surface area contributed by atoms with Gasteiger partial charge in [0.1, 0.15) is 0 Å². The predicted molar refractivity (Wildman–Crippen MR) is 61.5 cm³/mol. The van der Waals surface area contributed by atoms with E-state index in [2.05, 4.69) is 0 Å². The number of benzene rings is 1. The predicted octanol–water partition coefficient (Wildman–Crippen LogP) is -0.590. The van der Waals surface area contributed by atoms with Crippen LogP contribution >= 0.6 is 0 Å². The van der Waals surface area contributed by atoms with Crippen molar-refractivity contribution in [3.8, 4) is 0 Å². The van der Waals surface area contributed by atoms with Gasteiger partial charge in [0, 0.05) is 18.3 Å². The molecular formula is C10H16N2O3S. The molecular weight excluding hydrogens is 228 g/mol. The van der Waals surface area contributed by atoms with Crippen LogP contribution in [0.4, 0.5) is 0 Å². The molecule has 5 N–H and O–H groups in total. The summed E-state index contributed by atoms with van der Waals surface area (Å²) in [5.41, 5.74) is 12.1. The van der Waals surface area contributed by atoms with E-state index in [1.807, 2.05) is 0 Å². The van der Waals surface area contributed by atoms with Crippen molar-refractivity contribution in [2.24, 2.45) is 11.5 Å². The average molecular weight is 244 g/mol. The van der Waals surface area contributed by atoms with E-state index in [1.54, 1.807) is 12.1 Å². The van der Waals surface area contributed by atoms with Crippen LogP contribution in [0.15, 0.2) is 29.2 Å². The molecule has 0 aliphatic rings. The fourth-order valence-corrected chi connectivity index (χ4v) is 1.93. The lowest BCUT2D eigenvalue weighted by Crippen LogP contribution is -2.37. The average Bonchev–Trinajstić information content (AvgIpc) is 2.26. The molecule has 0 bridgehead atoms. The van der Waals surface area contributed by atoms with Gasteiger partial charge in [-0.25, -0.2) is 8.42 Å². The first-order valence-electron chi connectivity index (χ1n) is 4.78. The van der Waals surface area contributed by atoms with E-state index >= 15 is 0 Å². The monoisotopic (exact) mass is 244 g/mol. The summed E-state index contributed by atoms with van der Waals surface area (Å²) in [6.07, 6.45) is 1.14. The molecule has 1 aromatic rings. The number of sulfone groups is 1. The molecule has 0 radical (unpaired) electrons. The van der Waals surface area contributed by atoms with E-state index in [-0.39, 0.29) is 11.5 Å². The van der Waals surface area contributed by atoms with Crippen LogP contribution in [-0.2, 0) is 9.84 Å². The van der Waals surface area contributed by atoms with E-state index in [4.69, 9.17) is 16.6 Å². The molecule has 0 aliphatic heterocycles. The van der Waals surface area contributed by atoms with Crippen molar-refractivity contribution < 1.29 is 13.5 Å². The van der Waals surface area contributed by atoms with Crippen molar-refractivity contribution >= 4 is 9.84 Å². The Kier molecular flexibility index (Phi) is 4.03. The van der Waals surface area contributed by atoms with Gasteiger partial charge in [-0.1, -0.05) is 12.1 Å². The number of nitrogens with two attached hydrogens (primary N) is 2. The molecule has 1 rings (SSSR count). The molecule has 0 saturated carbocycles. The molecule has 90 valence electrons. The number of aliphatic hydroxyl groups excluding tert-OH is 1. The zero-order chi connectivity index (χ0) is 12.3. The maximum atomic E-state index is 11.2. The Bertz CT molecular complexity index is 442. The molecule has 6 heteroatoms. The number of hydrogen-bond donors (Lipinski definition) is 3. The lowest BCUT2D eigenvalue weighted by Gasteiger charge is -2.18. The van der Waals surface area contributed by atoms with Crippen molar-refractivity contribution in [3.63, 3.8) is 0 Å². The molecule has 16 heavy (non-hydrogen) atoms. The number of aliphatic hydroxyl groups is 1. The Labute approximate surface area is 95.0 Å². The van der Waals surface area contributed by atoms with Crippen molar-refractivity contribution in [1.82, 2.24) is 0 Å². The molecule has 5 nitrogen and oxygen atoms in total. The highest BCUT2D eigenvalue weighted by molar-refractivity contribution is 7.90. The Hall–Kier alpha value is -0.950. The van der Waals surface area contributed by atoms with Gasteiger partial charge in [0.2, 0.25) is 0 Å². The summed E-state index contributed by atoms with van der Waals surface area (Å²) in [6, 6.07) is 5.12. The molecule has 0 amide bonds. The Balaban J connectivity index is 2.96. The van der Waals surface area contributed by atoms with Crippen LogP contribution in [0.25, 0.3) is 0 Å². The number of hydrogen-bond acceptors (Lipinski definition) is 5. The van der Waals surface area contributed by atoms with E-state index in [1.165, 1.54) is 12.1 Å². The van der Waals surface area contributed by atoms with E-state index in [9.17, 15) is 8.42 Å². The van der Waals surface area contributed by atoms with Crippen LogP contribution in [0, 0.1) is 0 Å². The molecule has 0 aliphatic carbocycles. The summed E-state index contributed by atoms with van der Waals surface area (Å²) >= 11 is 0. The van der Waals surface area contributed by atoms with Gasteiger partial charge in [-0.3, -0.25) is 0 Å². The summed E-state index contributed by atoms with van der Waals surface area (Å²) in [7, 11) is -3.19. The van der Waals surface area contributed by atoms with Crippen LogP contribution in [0.2, 0.25) is 0 Å². The SMILES string of the molecule is CS(=O)(=O)c1ccc(C(N)C(N)CO)cc1. The van der Waals surface area contributed by atoms with Gasteiger partial charge in [0.05, 0.1) is 11.5 Å². The molecule has 0 spiro atoms. The molecule has 1 aromatic carbocycles. The molecule has 2 atom stereocenters. The molecule has 0 heterocycles. The van der Waals surface area contributed by atoms with Crippen LogP contribution in [0.3, 0.4) is 0 Å². The molecule has 0 fully saturated rings. The minimum absolute atomic E-state index is 0.213. The highest BCUT2D eigenvalue weighted by Crippen LogP contribution is 2.16. The Morgan fingerprint density at radius 2 is 1.75 bits per heavy atom. The second-order valence-corrected chi connectivity index (χ2v) is 5.73. The van der Waals surface area contributed by atoms with Crippen molar-refractivity contribution in [3.05, 3.63) is 29.8 Å². The van der Waals surface area contributed by atoms with Gasteiger partial charge >= 0.3 is 0 Å². The maximum absolute atomic E-state index is 11.2. The Morgan fingerprint density at radius 3 is 2.12 bits per heavy atom. The smallest absolute Gasteiger partial charge is 0.175 e. The van der Waals surface area contributed by atoms with Gasteiger partial charge in [-0.05, 0) is 17.7 Å². The summed E-state index contributed by atoms with van der Waals surface area (Å²) < 4.78 is 22.4. The summed E-state index contributed by atoms with van der Waals surface area (Å²) in [4.78, 5) is 0.237. The van der Waals surface area contributed by atoms with Crippen molar-refractivity contribution in [2.75, 3.05) is 12.9 Å². The maximum Gasteiger partial charge on any atom is 0.175 e. The zero-order valence-corrected chi connectivity index (χ0v) is 9.81. The largest absolute Gasteiger partial charge is 0.395 e. The van der Waals surface area contributed by atoms with E-state index in [0.717, 1.165) is 6.26 Å². The van der Waals surface area contributed by atoms with Crippen LogP contribution in [-0.4, -0.2) is 32.4 Å². The second-order valence-electron chi connectivity index (χ2n) is 3.71. The van der Waals surface area contributed by atoms with Gasteiger partial charge in [-0.15, -0.1) is 0 Å². The first kappa shape index (κ1) is 13.1. The first-order valence-corrected chi connectivity index (χ1v) is 6.67. The summed E-state index contributed by atoms with van der Waals surface area (Å²) in [6.45, 7) is -0.213.